The maximum absolute atomic E-state index is 12.3. The lowest BCUT2D eigenvalue weighted by Crippen LogP contribution is -2.23. The number of carbonyl (C=O) groups is 1. The molecule has 2 aromatic heterocycles. The zero-order valence-electron chi connectivity index (χ0n) is 13.5. The maximum atomic E-state index is 12.3. The highest BCUT2D eigenvalue weighted by Gasteiger charge is 2.09. The lowest BCUT2D eigenvalue weighted by molar-refractivity contribution is 0.0950. The third-order valence-electron chi connectivity index (χ3n) is 3.51. The topological polar surface area (TPSA) is 98.7 Å². The normalized spacial score (nSPS) is 10.8. The van der Waals surface area contributed by atoms with E-state index in [1.54, 1.807) is 6.07 Å². The minimum Gasteiger partial charge on any atom is -0.374 e. The highest BCUT2D eigenvalue weighted by Crippen LogP contribution is 2.12. The third-order valence-corrected chi connectivity index (χ3v) is 4.26. The average Bonchev–Trinajstić information content (AvgIpc) is 3.10. The summed E-state index contributed by atoms with van der Waals surface area (Å²) in [4.78, 5) is 12.3. The molecule has 0 bridgehead atoms. The Morgan fingerprint density at radius 1 is 1.29 bits per heavy atom. The van der Waals surface area contributed by atoms with Crippen LogP contribution in [-0.2, 0) is 13.1 Å². The number of anilines is 1. The van der Waals surface area contributed by atoms with Gasteiger partial charge in [0, 0.05) is 11.3 Å². The van der Waals surface area contributed by atoms with Crippen LogP contribution in [0.5, 0.6) is 0 Å². The molecule has 0 fully saturated rings. The Kier molecular flexibility index (Phi) is 4.57. The molecular weight excluding hydrogens is 324 g/mol. The number of nitrogens with one attached hydrogen (secondary N) is 1. The molecule has 0 aliphatic heterocycles. The van der Waals surface area contributed by atoms with Gasteiger partial charge in [-0.25, -0.2) is 0 Å². The lowest BCUT2D eigenvalue weighted by Gasteiger charge is -2.07. The molecule has 1 amide bonds. The molecule has 24 heavy (non-hydrogen) atoms. The molecule has 7 nitrogen and oxygen atoms in total. The second kappa shape index (κ2) is 6.79. The smallest absolute Gasteiger partial charge is 0.251 e. The monoisotopic (exact) mass is 342 g/mol. The molecule has 124 valence electrons. The van der Waals surface area contributed by atoms with Crippen LogP contribution in [0.4, 0.5) is 5.13 Å². The average molecular weight is 342 g/mol. The first-order valence-corrected chi connectivity index (χ1v) is 8.29. The number of benzene rings is 1. The fourth-order valence-electron chi connectivity index (χ4n) is 2.41. The van der Waals surface area contributed by atoms with Crippen molar-refractivity contribution in [2.75, 3.05) is 5.73 Å². The van der Waals surface area contributed by atoms with Crippen LogP contribution in [-0.4, -0.2) is 25.9 Å². The minimum atomic E-state index is -0.154. The molecule has 0 atom stereocenters. The number of nitrogens with two attached hydrogens (primary N) is 1. The summed E-state index contributed by atoms with van der Waals surface area (Å²) in [6, 6.07) is 9.55. The summed E-state index contributed by atoms with van der Waals surface area (Å²) in [5.41, 5.74) is 9.23. The molecule has 0 saturated heterocycles. The molecule has 0 saturated carbocycles. The van der Waals surface area contributed by atoms with Crippen molar-refractivity contribution in [2.24, 2.45) is 0 Å². The van der Waals surface area contributed by atoms with Gasteiger partial charge >= 0.3 is 0 Å². The lowest BCUT2D eigenvalue weighted by atomic mass is 10.1. The number of amides is 1. The van der Waals surface area contributed by atoms with Gasteiger partial charge in [-0.3, -0.25) is 9.48 Å². The van der Waals surface area contributed by atoms with Crippen molar-refractivity contribution >= 4 is 22.4 Å². The van der Waals surface area contributed by atoms with Crippen LogP contribution in [0.2, 0.25) is 0 Å². The number of nitrogens with zero attached hydrogens (tertiary/aromatic N) is 4. The number of hydrogen-bond acceptors (Lipinski definition) is 6. The van der Waals surface area contributed by atoms with E-state index in [0.29, 0.717) is 28.8 Å². The summed E-state index contributed by atoms with van der Waals surface area (Å²) >= 11 is 1.26. The van der Waals surface area contributed by atoms with Gasteiger partial charge in [-0.1, -0.05) is 23.5 Å². The number of aryl methyl sites for hydroxylation is 2. The molecule has 1 aromatic carbocycles. The fourth-order valence-corrected chi connectivity index (χ4v) is 2.96. The van der Waals surface area contributed by atoms with E-state index < -0.39 is 0 Å². The van der Waals surface area contributed by atoms with Gasteiger partial charge in [0.2, 0.25) is 5.13 Å². The number of nitrogen functional groups attached to an aromatic ring is 1. The quantitative estimate of drug-likeness (QED) is 0.738. The Labute approximate surface area is 143 Å². The van der Waals surface area contributed by atoms with E-state index in [2.05, 4.69) is 20.6 Å². The van der Waals surface area contributed by atoms with E-state index in [1.165, 1.54) is 11.3 Å². The molecular formula is C16H18N6OS. The summed E-state index contributed by atoms with van der Waals surface area (Å²) < 4.78 is 1.93. The van der Waals surface area contributed by atoms with E-state index in [1.807, 2.05) is 42.8 Å². The minimum absolute atomic E-state index is 0.154. The van der Waals surface area contributed by atoms with Crippen LogP contribution < -0.4 is 11.1 Å². The first kappa shape index (κ1) is 16.1. The number of hydrogen-bond donors (Lipinski definition) is 2. The molecule has 0 radical (unpaired) electrons. The molecule has 0 aliphatic carbocycles. The van der Waals surface area contributed by atoms with Gasteiger partial charge < -0.3 is 11.1 Å². The van der Waals surface area contributed by atoms with Gasteiger partial charge in [-0.15, -0.1) is 10.2 Å². The van der Waals surface area contributed by atoms with Crippen molar-refractivity contribution < 1.29 is 4.79 Å². The summed E-state index contributed by atoms with van der Waals surface area (Å²) in [5, 5.41) is 16.0. The van der Waals surface area contributed by atoms with E-state index in [-0.39, 0.29) is 5.91 Å². The third kappa shape index (κ3) is 3.77. The summed E-state index contributed by atoms with van der Waals surface area (Å²) in [7, 11) is 0. The molecule has 3 rings (SSSR count). The van der Waals surface area contributed by atoms with Crippen molar-refractivity contribution in [3.63, 3.8) is 0 Å². The second-order valence-electron chi connectivity index (χ2n) is 5.50. The first-order chi connectivity index (χ1) is 11.5. The first-order valence-electron chi connectivity index (χ1n) is 7.47. The Morgan fingerprint density at radius 3 is 2.79 bits per heavy atom. The Hall–Kier alpha value is -2.74. The standard InChI is InChI=1S/C16H18N6OS/c1-10-6-11(2)22(21-10)9-12-4-3-5-13(7-12)15(23)18-8-14-19-20-16(17)24-14/h3-7H,8-9H2,1-2H3,(H2,17,20)(H,18,23). The molecule has 0 aliphatic rings. The van der Waals surface area contributed by atoms with E-state index in [9.17, 15) is 4.79 Å². The number of rotatable bonds is 5. The van der Waals surface area contributed by atoms with Crippen molar-refractivity contribution in [3.8, 4) is 0 Å². The van der Waals surface area contributed by atoms with E-state index in [4.69, 9.17) is 5.73 Å². The van der Waals surface area contributed by atoms with E-state index >= 15 is 0 Å². The van der Waals surface area contributed by atoms with Crippen LogP contribution >= 0.6 is 11.3 Å². The Balaban J connectivity index is 1.67. The molecule has 0 unspecified atom stereocenters. The summed E-state index contributed by atoms with van der Waals surface area (Å²) in [6.07, 6.45) is 0. The number of aromatic nitrogens is 4. The summed E-state index contributed by atoms with van der Waals surface area (Å²) in [5.74, 6) is -0.154. The van der Waals surface area contributed by atoms with Crippen LogP contribution in [0, 0.1) is 13.8 Å². The second-order valence-corrected chi connectivity index (χ2v) is 6.60. The highest BCUT2D eigenvalue weighted by atomic mass is 32.1. The van der Waals surface area contributed by atoms with Crippen LogP contribution in [0.1, 0.15) is 32.3 Å². The Bertz CT molecular complexity index is 869. The largest absolute Gasteiger partial charge is 0.374 e. The van der Waals surface area contributed by atoms with Crippen molar-refractivity contribution in [3.05, 3.63) is 57.9 Å². The zero-order valence-corrected chi connectivity index (χ0v) is 14.3. The Morgan fingerprint density at radius 2 is 2.12 bits per heavy atom. The summed E-state index contributed by atoms with van der Waals surface area (Å²) in [6.45, 7) is 4.93. The van der Waals surface area contributed by atoms with Gasteiger partial charge in [-0.2, -0.15) is 5.10 Å². The van der Waals surface area contributed by atoms with Gasteiger partial charge in [0.25, 0.3) is 5.91 Å². The highest BCUT2D eigenvalue weighted by molar-refractivity contribution is 7.15. The molecule has 2 heterocycles. The number of carbonyl (C=O) groups excluding carboxylic acids is 1. The molecule has 3 aromatic rings. The van der Waals surface area contributed by atoms with E-state index in [0.717, 1.165) is 17.0 Å². The van der Waals surface area contributed by atoms with Crippen LogP contribution in [0.3, 0.4) is 0 Å². The SMILES string of the molecule is Cc1cc(C)n(Cc2cccc(C(=O)NCc3nnc(N)s3)c2)n1. The predicted molar refractivity (Wildman–Crippen MR) is 92.7 cm³/mol. The van der Waals surface area contributed by atoms with Crippen molar-refractivity contribution in [1.29, 1.82) is 0 Å². The molecule has 3 N–H and O–H groups in total. The van der Waals surface area contributed by atoms with Gasteiger partial charge in [0.15, 0.2) is 0 Å². The predicted octanol–water partition coefficient (Wildman–Crippen LogP) is 1.91. The van der Waals surface area contributed by atoms with Crippen molar-refractivity contribution in [1.82, 2.24) is 25.3 Å². The van der Waals surface area contributed by atoms with Crippen molar-refractivity contribution in [2.45, 2.75) is 26.9 Å². The van der Waals surface area contributed by atoms with Gasteiger partial charge in [-0.05, 0) is 37.6 Å². The van der Waals surface area contributed by atoms with Gasteiger partial charge in [0.1, 0.15) is 5.01 Å². The molecule has 0 spiro atoms. The maximum Gasteiger partial charge on any atom is 0.251 e. The zero-order chi connectivity index (χ0) is 17.1. The fraction of sp³-hybridized carbons (Fsp3) is 0.250. The molecule has 8 heteroatoms. The van der Waals surface area contributed by atoms with Crippen LogP contribution in [0.15, 0.2) is 30.3 Å². The van der Waals surface area contributed by atoms with Crippen LogP contribution in [0.25, 0.3) is 0 Å². The van der Waals surface area contributed by atoms with Gasteiger partial charge in [0.05, 0.1) is 18.8 Å².